The van der Waals surface area contributed by atoms with Crippen molar-refractivity contribution in [1.29, 1.82) is 0 Å². The fourth-order valence-corrected chi connectivity index (χ4v) is 5.54. The summed E-state index contributed by atoms with van der Waals surface area (Å²) >= 11 is 0. The molecule has 0 aromatic heterocycles. The van der Waals surface area contributed by atoms with Crippen LogP contribution in [0.5, 0.6) is 0 Å². The van der Waals surface area contributed by atoms with E-state index in [1.807, 2.05) is 6.92 Å². The van der Waals surface area contributed by atoms with Gasteiger partial charge in [0.2, 0.25) is 0 Å². The Kier molecular flexibility index (Phi) is 8.56. The largest absolute Gasteiger partial charge is 0.392 e. The zero-order valence-electron chi connectivity index (χ0n) is 20.9. The van der Waals surface area contributed by atoms with E-state index in [2.05, 4.69) is 95.9 Å². The van der Waals surface area contributed by atoms with Gasteiger partial charge in [0.1, 0.15) is 0 Å². The Hall–Kier alpha value is -3.29. The molecule has 0 radical (unpaired) electrons. The summed E-state index contributed by atoms with van der Waals surface area (Å²) in [6.45, 7) is 3.49. The van der Waals surface area contributed by atoms with E-state index in [-0.39, 0.29) is 11.0 Å². The van der Waals surface area contributed by atoms with Crippen molar-refractivity contribution in [2.45, 2.75) is 36.3 Å². The quantitative estimate of drug-likeness (QED) is 0.264. The molecule has 37 heavy (non-hydrogen) atoms. The number of benzene rings is 4. The summed E-state index contributed by atoms with van der Waals surface area (Å²) in [5.41, 5.74) is 4.28. The van der Waals surface area contributed by atoms with Crippen LogP contribution >= 0.6 is 0 Å². The van der Waals surface area contributed by atoms with Gasteiger partial charge in [-0.1, -0.05) is 109 Å². The summed E-state index contributed by atoms with van der Waals surface area (Å²) in [7, 11) is -4.02. The van der Waals surface area contributed by atoms with Crippen molar-refractivity contribution < 1.29 is 18.1 Å². The zero-order chi connectivity index (χ0) is 26.3. The fourth-order valence-electron chi connectivity index (χ4n) is 5.06. The van der Waals surface area contributed by atoms with Crippen molar-refractivity contribution in [2.24, 2.45) is 0 Å². The van der Waals surface area contributed by atoms with Crippen LogP contribution in [0.4, 0.5) is 0 Å². The third kappa shape index (κ3) is 6.17. The Labute approximate surface area is 219 Å². The Balaban J connectivity index is 0.000000245. The first-order chi connectivity index (χ1) is 17.8. The second kappa shape index (κ2) is 11.8. The highest BCUT2D eigenvalue weighted by molar-refractivity contribution is 7.85. The van der Waals surface area contributed by atoms with Crippen molar-refractivity contribution >= 4 is 10.1 Å². The zero-order valence-corrected chi connectivity index (χ0v) is 21.8. The van der Waals surface area contributed by atoms with Crippen molar-refractivity contribution in [2.75, 3.05) is 13.1 Å². The average molecular weight is 516 g/mol. The van der Waals surface area contributed by atoms with Crippen LogP contribution in [0.2, 0.25) is 0 Å². The molecule has 1 unspecified atom stereocenters. The normalized spacial score (nSPS) is 16.5. The lowest BCUT2D eigenvalue weighted by Gasteiger charge is -2.48. The maximum Gasteiger partial charge on any atom is 0.294 e. The minimum Gasteiger partial charge on any atom is -0.392 e. The number of hydrogen-bond donors (Lipinski definition) is 2. The molecule has 1 saturated heterocycles. The molecule has 5 nitrogen and oxygen atoms in total. The number of rotatable bonds is 5. The summed E-state index contributed by atoms with van der Waals surface area (Å²) in [4.78, 5) is 2.39. The molecule has 6 heteroatoms. The molecule has 0 amide bonds. The molecule has 1 aliphatic rings. The number of likely N-dealkylation sites (tertiary alicyclic amines) is 1. The number of β-amino-alcohol motifs (C(OH)–C–C–N with tert-alkyl or cyclic N) is 1. The highest BCUT2D eigenvalue weighted by Gasteiger charge is 2.43. The molecule has 0 aliphatic carbocycles. The molecule has 4 aromatic carbocycles. The molecule has 4 aromatic rings. The van der Waals surface area contributed by atoms with Crippen LogP contribution in [0, 0.1) is 6.92 Å². The van der Waals surface area contributed by atoms with Gasteiger partial charge in [0, 0.05) is 6.54 Å². The maximum absolute atomic E-state index is 10.5. The first-order valence-electron chi connectivity index (χ1n) is 12.5. The van der Waals surface area contributed by atoms with Gasteiger partial charge in [0.05, 0.1) is 16.5 Å². The van der Waals surface area contributed by atoms with Gasteiger partial charge in [0.25, 0.3) is 10.1 Å². The number of nitrogens with zero attached hydrogens (tertiary/aromatic N) is 1. The Morgan fingerprint density at radius 1 is 0.730 bits per heavy atom. The molecule has 1 aliphatic heterocycles. The third-order valence-corrected chi connectivity index (χ3v) is 7.63. The summed E-state index contributed by atoms with van der Waals surface area (Å²) in [6.07, 6.45) is 1.61. The minimum absolute atomic E-state index is 0.0666. The Bertz CT molecular complexity index is 1260. The van der Waals surface area contributed by atoms with E-state index in [9.17, 15) is 13.5 Å². The van der Waals surface area contributed by atoms with Crippen LogP contribution < -0.4 is 0 Å². The van der Waals surface area contributed by atoms with Gasteiger partial charge in [-0.15, -0.1) is 0 Å². The number of hydrogen-bond acceptors (Lipinski definition) is 4. The number of aryl methyl sites for hydroxylation is 1. The van der Waals surface area contributed by atoms with Crippen molar-refractivity contribution in [1.82, 2.24) is 4.90 Å². The molecule has 1 heterocycles. The predicted octanol–water partition coefficient (Wildman–Crippen LogP) is 5.68. The predicted molar refractivity (Wildman–Crippen MR) is 147 cm³/mol. The van der Waals surface area contributed by atoms with Gasteiger partial charge in [-0.2, -0.15) is 8.42 Å². The van der Waals surface area contributed by atoms with Crippen LogP contribution in [0.25, 0.3) is 0 Å². The number of aliphatic hydroxyl groups is 1. The van der Waals surface area contributed by atoms with Crippen LogP contribution in [0.15, 0.2) is 120 Å². The van der Waals surface area contributed by atoms with E-state index in [1.165, 1.54) is 28.8 Å². The van der Waals surface area contributed by atoms with Gasteiger partial charge in [-0.25, -0.2) is 0 Å². The van der Waals surface area contributed by atoms with Gasteiger partial charge in [-0.3, -0.25) is 9.45 Å². The first-order valence-corrected chi connectivity index (χ1v) is 13.9. The highest BCUT2D eigenvalue weighted by atomic mass is 32.2. The van der Waals surface area contributed by atoms with Gasteiger partial charge in [-0.05, 0) is 55.1 Å². The number of piperidine rings is 1. The van der Waals surface area contributed by atoms with E-state index in [1.54, 1.807) is 12.1 Å². The van der Waals surface area contributed by atoms with E-state index in [4.69, 9.17) is 4.55 Å². The summed E-state index contributed by atoms with van der Waals surface area (Å²) in [5.74, 6) is 0. The van der Waals surface area contributed by atoms with E-state index in [0.29, 0.717) is 6.54 Å². The van der Waals surface area contributed by atoms with Crippen molar-refractivity contribution in [3.8, 4) is 0 Å². The van der Waals surface area contributed by atoms with Gasteiger partial charge in [0.15, 0.2) is 0 Å². The molecule has 0 saturated carbocycles. The summed E-state index contributed by atoms with van der Waals surface area (Å²) < 4.78 is 29.6. The van der Waals surface area contributed by atoms with E-state index >= 15 is 0 Å². The van der Waals surface area contributed by atoms with Crippen LogP contribution in [0.3, 0.4) is 0 Å². The topological polar surface area (TPSA) is 77.8 Å². The second-order valence-electron chi connectivity index (χ2n) is 9.34. The smallest absolute Gasteiger partial charge is 0.294 e. The standard InChI is InChI=1S/C24H25NO.C7H8O3S/c26-23-17-10-18-25(19-23)24(20-11-4-1-5-12-20,21-13-6-2-7-14-21)22-15-8-3-9-16-22;1-6-2-4-7(5-3-6)11(8,9)10/h1-9,11-16,23,26H,10,17-19H2;2-5H,1H3,(H,8,9,10). The second-order valence-corrected chi connectivity index (χ2v) is 10.8. The van der Waals surface area contributed by atoms with Crippen LogP contribution in [-0.2, 0) is 15.7 Å². The molecule has 1 fully saturated rings. The molecule has 192 valence electrons. The first kappa shape index (κ1) is 26.8. The van der Waals surface area contributed by atoms with Crippen molar-refractivity contribution in [3.05, 3.63) is 138 Å². The molecule has 0 spiro atoms. The van der Waals surface area contributed by atoms with E-state index < -0.39 is 15.7 Å². The molecular weight excluding hydrogens is 482 g/mol. The fraction of sp³-hybridized carbons (Fsp3) is 0.226. The third-order valence-electron chi connectivity index (χ3n) is 6.76. The minimum atomic E-state index is -4.02. The lowest BCUT2D eigenvalue weighted by Crippen LogP contribution is -2.53. The van der Waals surface area contributed by atoms with Crippen LogP contribution in [-0.4, -0.2) is 42.2 Å². The van der Waals surface area contributed by atoms with Gasteiger partial charge < -0.3 is 5.11 Å². The maximum atomic E-state index is 10.5. The molecule has 5 rings (SSSR count). The summed E-state index contributed by atoms with van der Waals surface area (Å²) in [5, 5.41) is 10.4. The SMILES string of the molecule is Cc1ccc(S(=O)(=O)O)cc1.OC1CCCN(C(c2ccccc2)(c2ccccc2)c2ccccc2)C1. The Morgan fingerprint density at radius 2 is 1.16 bits per heavy atom. The van der Waals surface area contributed by atoms with Crippen molar-refractivity contribution in [3.63, 3.8) is 0 Å². The highest BCUT2D eigenvalue weighted by Crippen LogP contribution is 2.43. The van der Waals surface area contributed by atoms with Gasteiger partial charge >= 0.3 is 0 Å². The number of aliphatic hydroxyl groups excluding tert-OH is 1. The molecule has 0 bridgehead atoms. The molecule has 2 N–H and O–H groups in total. The van der Waals surface area contributed by atoms with E-state index in [0.717, 1.165) is 24.9 Å². The average Bonchev–Trinajstić information content (AvgIpc) is 2.91. The lowest BCUT2D eigenvalue weighted by atomic mass is 9.74. The molecular formula is C31H33NO4S. The molecule has 1 atom stereocenters. The Morgan fingerprint density at radius 3 is 1.54 bits per heavy atom. The summed E-state index contributed by atoms with van der Waals surface area (Å²) in [6, 6.07) is 38.1. The lowest BCUT2D eigenvalue weighted by molar-refractivity contribution is 0.0299. The van der Waals surface area contributed by atoms with Crippen LogP contribution in [0.1, 0.15) is 35.1 Å². The monoisotopic (exact) mass is 515 g/mol.